The zero-order valence-corrected chi connectivity index (χ0v) is 26.9. The molecule has 0 spiro atoms. The molecule has 4 aromatic rings. The average molecular weight is 605 g/mol. The van der Waals surface area contributed by atoms with Gasteiger partial charge in [0, 0.05) is 49.6 Å². The lowest BCUT2D eigenvalue weighted by Crippen LogP contribution is -2.57. The molecule has 5 rings (SSSR count). The molecule has 44 heavy (non-hydrogen) atoms. The van der Waals surface area contributed by atoms with E-state index in [4.69, 9.17) is 9.72 Å². The fourth-order valence-electron chi connectivity index (χ4n) is 6.03. The topological polar surface area (TPSA) is 76.4 Å². The molecule has 1 saturated heterocycles. The van der Waals surface area contributed by atoms with Crippen LogP contribution in [-0.4, -0.2) is 62.2 Å². The second-order valence-corrected chi connectivity index (χ2v) is 12.8. The maximum absolute atomic E-state index is 16.2. The summed E-state index contributed by atoms with van der Waals surface area (Å²) in [5.74, 6) is -0.984. The summed E-state index contributed by atoms with van der Waals surface area (Å²) >= 11 is 0. The summed E-state index contributed by atoms with van der Waals surface area (Å²) in [6.07, 6.45) is 1.71. The minimum Gasteiger partial charge on any atom is -0.377 e. The molecule has 0 aliphatic carbocycles. The molecule has 234 valence electrons. The van der Waals surface area contributed by atoms with E-state index in [1.807, 2.05) is 33.8 Å². The van der Waals surface area contributed by atoms with Crippen molar-refractivity contribution in [3.05, 3.63) is 75.5 Å². The third-order valence-corrected chi connectivity index (χ3v) is 8.37. The Morgan fingerprint density at radius 3 is 2.50 bits per heavy atom. The fraction of sp³-hybridized carbons (Fsp3) is 0.471. The summed E-state index contributed by atoms with van der Waals surface area (Å²) in [5, 5.41) is 0.377. The van der Waals surface area contributed by atoms with Crippen molar-refractivity contribution in [1.29, 1.82) is 0 Å². The Morgan fingerprint density at radius 1 is 1.09 bits per heavy atom. The van der Waals surface area contributed by atoms with Crippen LogP contribution in [-0.2, 0) is 11.3 Å². The van der Waals surface area contributed by atoms with Crippen molar-refractivity contribution in [3.63, 3.8) is 0 Å². The first-order chi connectivity index (χ1) is 20.8. The summed E-state index contributed by atoms with van der Waals surface area (Å²) in [6.45, 7) is 18.9. The Labute approximate surface area is 257 Å². The van der Waals surface area contributed by atoms with Gasteiger partial charge in [0.05, 0.1) is 23.4 Å². The molecule has 0 unspecified atom stereocenters. The maximum Gasteiger partial charge on any atom is 0.355 e. The van der Waals surface area contributed by atoms with E-state index in [1.165, 1.54) is 16.7 Å². The van der Waals surface area contributed by atoms with Crippen LogP contribution in [0.5, 0.6) is 0 Å². The Bertz CT molecular complexity index is 1750. The normalized spacial score (nSPS) is 16.3. The number of nitrogens with zero attached hydrogens (tertiary/aromatic N) is 6. The summed E-state index contributed by atoms with van der Waals surface area (Å²) in [5.41, 5.74) is 1.95. The SMILES string of the molecule is CCOCc1cccc(F)c1-c1nc2c(cc1F)c(N1CCN(C(C)(C)C)C[C@@H]1C)nc(=O)n2-c1c(C)ccnc1C(C)C. The number of aromatic nitrogens is 4. The molecule has 10 heteroatoms. The van der Waals surface area contributed by atoms with Crippen LogP contribution in [0.25, 0.3) is 28.0 Å². The zero-order chi connectivity index (χ0) is 31.9. The van der Waals surface area contributed by atoms with Gasteiger partial charge in [0.15, 0.2) is 5.65 Å². The number of ether oxygens (including phenoxy) is 1. The van der Waals surface area contributed by atoms with E-state index in [0.717, 1.165) is 18.7 Å². The van der Waals surface area contributed by atoms with Crippen LogP contribution in [0, 0.1) is 18.6 Å². The van der Waals surface area contributed by atoms with Gasteiger partial charge in [-0.3, -0.25) is 9.88 Å². The molecule has 8 nitrogen and oxygen atoms in total. The van der Waals surface area contributed by atoms with Gasteiger partial charge in [0.25, 0.3) is 0 Å². The Morgan fingerprint density at radius 2 is 1.84 bits per heavy atom. The number of fused-ring (bicyclic) bond motifs is 1. The molecular weight excluding hydrogens is 562 g/mol. The minimum absolute atomic E-state index is 0.00706. The molecule has 1 aromatic carbocycles. The van der Waals surface area contributed by atoms with E-state index in [9.17, 15) is 4.79 Å². The first-order valence-corrected chi connectivity index (χ1v) is 15.3. The van der Waals surface area contributed by atoms with Gasteiger partial charge in [-0.05, 0) is 76.8 Å². The lowest BCUT2D eigenvalue weighted by molar-refractivity contribution is 0.112. The Balaban J connectivity index is 1.83. The van der Waals surface area contributed by atoms with Crippen LogP contribution < -0.4 is 10.6 Å². The highest BCUT2D eigenvalue weighted by atomic mass is 19.1. The number of piperazine rings is 1. The second-order valence-electron chi connectivity index (χ2n) is 12.8. The monoisotopic (exact) mass is 604 g/mol. The largest absolute Gasteiger partial charge is 0.377 e. The summed E-state index contributed by atoms with van der Waals surface area (Å²) in [6, 6.07) is 7.70. The van der Waals surface area contributed by atoms with Gasteiger partial charge < -0.3 is 9.64 Å². The van der Waals surface area contributed by atoms with Gasteiger partial charge in [-0.2, -0.15) is 4.98 Å². The smallest absolute Gasteiger partial charge is 0.355 e. The van der Waals surface area contributed by atoms with Gasteiger partial charge in [0.1, 0.15) is 23.1 Å². The lowest BCUT2D eigenvalue weighted by Gasteiger charge is -2.46. The molecule has 0 radical (unpaired) electrons. The van der Waals surface area contributed by atoms with Crippen molar-refractivity contribution >= 4 is 16.9 Å². The maximum atomic E-state index is 16.2. The number of anilines is 1. The molecule has 1 fully saturated rings. The van der Waals surface area contributed by atoms with Crippen LogP contribution in [0.1, 0.15) is 71.2 Å². The van der Waals surface area contributed by atoms with E-state index in [1.54, 1.807) is 18.3 Å². The van der Waals surface area contributed by atoms with Crippen molar-refractivity contribution in [1.82, 2.24) is 24.4 Å². The number of hydrogen-bond acceptors (Lipinski definition) is 7. The standard InChI is InChI=1S/C34H42F2N6O2/c1-9-44-19-23-11-10-12-25(35)27(23)29-26(36)17-24-31(41-16-15-40(18-22(41)5)34(6,7)8)39-33(43)42(32(24)38-29)30-21(4)13-14-37-28(30)20(2)3/h10-14,17,20,22H,9,15-16,18-19H2,1-8H3/t22-/m0/s1. The summed E-state index contributed by atoms with van der Waals surface area (Å²) in [4.78, 5) is 32.5. The van der Waals surface area contributed by atoms with Crippen LogP contribution in [0.15, 0.2) is 41.3 Å². The molecule has 1 atom stereocenters. The Hall–Kier alpha value is -3.76. The predicted octanol–water partition coefficient (Wildman–Crippen LogP) is 6.40. The van der Waals surface area contributed by atoms with Crippen LogP contribution in [0.2, 0.25) is 0 Å². The molecule has 0 amide bonds. The van der Waals surface area contributed by atoms with Crippen molar-refractivity contribution in [3.8, 4) is 16.9 Å². The Kier molecular flexibility index (Phi) is 8.87. The molecule has 1 aliphatic heterocycles. The van der Waals surface area contributed by atoms with Crippen molar-refractivity contribution in [2.45, 2.75) is 79.5 Å². The van der Waals surface area contributed by atoms with E-state index < -0.39 is 17.3 Å². The highest BCUT2D eigenvalue weighted by Gasteiger charge is 2.33. The number of rotatable bonds is 7. The van der Waals surface area contributed by atoms with Crippen molar-refractivity contribution in [2.75, 3.05) is 31.1 Å². The number of hydrogen-bond donors (Lipinski definition) is 0. The van der Waals surface area contributed by atoms with Crippen molar-refractivity contribution < 1.29 is 13.5 Å². The number of benzene rings is 1. The molecular formula is C34H42F2N6O2. The third kappa shape index (κ3) is 5.85. The van der Waals surface area contributed by atoms with E-state index in [2.05, 4.69) is 47.5 Å². The molecule has 0 N–H and O–H groups in total. The second kappa shape index (κ2) is 12.3. The number of aryl methyl sites for hydroxylation is 1. The summed E-state index contributed by atoms with van der Waals surface area (Å²) < 4.78 is 38.7. The molecule has 4 heterocycles. The fourth-order valence-corrected chi connectivity index (χ4v) is 6.03. The van der Waals surface area contributed by atoms with Gasteiger partial charge in [-0.1, -0.05) is 26.0 Å². The van der Waals surface area contributed by atoms with E-state index >= 15 is 8.78 Å². The van der Waals surface area contributed by atoms with E-state index in [0.29, 0.717) is 41.3 Å². The molecule has 3 aromatic heterocycles. The molecule has 0 bridgehead atoms. The van der Waals surface area contributed by atoms with E-state index in [-0.39, 0.29) is 41.0 Å². The zero-order valence-electron chi connectivity index (χ0n) is 26.9. The quantitative estimate of drug-likeness (QED) is 0.242. The third-order valence-electron chi connectivity index (χ3n) is 8.37. The number of halogens is 2. The van der Waals surface area contributed by atoms with Gasteiger partial charge in [0.2, 0.25) is 0 Å². The lowest BCUT2D eigenvalue weighted by atomic mass is 10.0. The van der Waals surface area contributed by atoms with Gasteiger partial charge >= 0.3 is 5.69 Å². The van der Waals surface area contributed by atoms with Crippen LogP contribution in [0.4, 0.5) is 14.6 Å². The van der Waals surface area contributed by atoms with Crippen LogP contribution >= 0.6 is 0 Å². The van der Waals surface area contributed by atoms with Gasteiger partial charge in [-0.25, -0.2) is 23.1 Å². The highest BCUT2D eigenvalue weighted by Crippen LogP contribution is 2.35. The predicted molar refractivity (Wildman–Crippen MR) is 171 cm³/mol. The van der Waals surface area contributed by atoms with Gasteiger partial charge in [-0.15, -0.1) is 0 Å². The first kappa shape index (κ1) is 31.7. The minimum atomic E-state index is -0.707. The number of pyridine rings is 2. The summed E-state index contributed by atoms with van der Waals surface area (Å²) in [7, 11) is 0. The highest BCUT2D eigenvalue weighted by molar-refractivity contribution is 5.90. The van der Waals surface area contributed by atoms with Crippen molar-refractivity contribution in [2.24, 2.45) is 0 Å². The average Bonchev–Trinajstić information content (AvgIpc) is 2.96. The van der Waals surface area contributed by atoms with Crippen LogP contribution in [0.3, 0.4) is 0 Å². The molecule has 0 saturated carbocycles. The first-order valence-electron chi connectivity index (χ1n) is 15.3. The molecule has 1 aliphatic rings.